The average Bonchev–Trinajstić information content (AvgIpc) is 2.95. The first-order chi connectivity index (χ1) is 19.5. The van der Waals surface area contributed by atoms with E-state index in [-0.39, 0.29) is 23.4 Å². The summed E-state index contributed by atoms with van der Waals surface area (Å²) in [6.07, 6.45) is 5.14. The van der Waals surface area contributed by atoms with Crippen molar-refractivity contribution in [2.45, 2.75) is 69.5 Å². The molecule has 1 fully saturated rings. The number of anilines is 1. The van der Waals surface area contributed by atoms with Gasteiger partial charge in [-0.05, 0) is 80.8 Å². The minimum atomic E-state index is -4.10. The Balaban J connectivity index is 1.67. The Bertz CT molecular complexity index is 1460. The number of carbonyl (C=O) groups excluding carboxylic acids is 2. The number of hydrogen-bond acceptors (Lipinski definition) is 4. The van der Waals surface area contributed by atoms with Gasteiger partial charge in [0.1, 0.15) is 12.6 Å². The summed E-state index contributed by atoms with van der Waals surface area (Å²) >= 11 is 6.88. The highest BCUT2D eigenvalue weighted by Crippen LogP contribution is 2.27. The standard InChI is InChI=1S/C31H35Br2N3O4S/c1-22-11-17-29(18-12-22)41(39,40)36(28-15-13-25(32)14-16-28)21-30(37)35(20-24-7-6-8-26(33)19-24)23(2)31(38)34-27-9-4-3-5-10-27/h6-8,11-19,23,27H,3-5,9-10,20-21H2,1-2H3,(H,34,38)/t23-/m1/s1. The molecule has 41 heavy (non-hydrogen) atoms. The second kappa shape index (κ2) is 14.0. The molecule has 0 aliphatic heterocycles. The summed E-state index contributed by atoms with van der Waals surface area (Å²) in [6, 6.07) is 20.1. The quantitative estimate of drug-likeness (QED) is 0.258. The van der Waals surface area contributed by atoms with Crippen LogP contribution in [0.15, 0.2) is 86.6 Å². The molecule has 0 radical (unpaired) electrons. The topological polar surface area (TPSA) is 86.8 Å². The van der Waals surface area contributed by atoms with Crippen LogP contribution in [-0.4, -0.2) is 43.8 Å². The molecular weight excluding hydrogens is 670 g/mol. The van der Waals surface area contributed by atoms with Crippen LogP contribution in [0.3, 0.4) is 0 Å². The van der Waals surface area contributed by atoms with Crippen molar-refractivity contribution < 1.29 is 18.0 Å². The van der Waals surface area contributed by atoms with E-state index in [4.69, 9.17) is 0 Å². The smallest absolute Gasteiger partial charge is 0.264 e. The Morgan fingerprint density at radius 3 is 2.22 bits per heavy atom. The molecule has 1 N–H and O–H groups in total. The van der Waals surface area contributed by atoms with Crippen LogP contribution in [0.25, 0.3) is 0 Å². The molecule has 218 valence electrons. The highest BCUT2D eigenvalue weighted by atomic mass is 79.9. The number of amides is 2. The van der Waals surface area contributed by atoms with Crippen LogP contribution in [-0.2, 0) is 26.2 Å². The predicted molar refractivity (Wildman–Crippen MR) is 169 cm³/mol. The van der Waals surface area contributed by atoms with Gasteiger partial charge >= 0.3 is 0 Å². The van der Waals surface area contributed by atoms with Gasteiger partial charge in [-0.2, -0.15) is 0 Å². The normalized spacial score (nSPS) is 14.7. The predicted octanol–water partition coefficient (Wildman–Crippen LogP) is 6.58. The number of hydrogen-bond donors (Lipinski definition) is 1. The first-order valence-electron chi connectivity index (χ1n) is 13.7. The molecule has 1 atom stereocenters. The van der Waals surface area contributed by atoms with E-state index in [2.05, 4.69) is 37.2 Å². The Kier molecular flexibility index (Phi) is 10.7. The van der Waals surface area contributed by atoms with E-state index < -0.39 is 28.5 Å². The molecule has 3 aromatic rings. The second-order valence-corrected chi connectivity index (χ2v) is 14.2. The fourth-order valence-electron chi connectivity index (χ4n) is 4.96. The summed E-state index contributed by atoms with van der Waals surface area (Å²) < 4.78 is 30.6. The van der Waals surface area contributed by atoms with Gasteiger partial charge in [-0.1, -0.05) is 81.0 Å². The van der Waals surface area contributed by atoms with Gasteiger partial charge in [-0.25, -0.2) is 8.42 Å². The SMILES string of the molecule is Cc1ccc(S(=O)(=O)N(CC(=O)N(Cc2cccc(Br)c2)[C@H](C)C(=O)NC2CCCCC2)c2ccc(Br)cc2)cc1. The van der Waals surface area contributed by atoms with Gasteiger partial charge in [0.15, 0.2) is 0 Å². The number of aryl methyl sites for hydroxylation is 1. The van der Waals surface area contributed by atoms with Gasteiger partial charge in [0.25, 0.3) is 10.0 Å². The average molecular weight is 706 g/mol. The molecular formula is C31H35Br2N3O4S. The van der Waals surface area contributed by atoms with Crippen molar-refractivity contribution in [3.63, 3.8) is 0 Å². The lowest BCUT2D eigenvalue weighted by Gasteiger charge is -2.33. The van der Waals surface area contributed by atoms with E-state index in [1.54, 1.807) is 55.5 Å². The number of nitrogens with one attached hydrogen (secondary N) is 1. The number of carbonyl (C=O) groups is 2. The largest absolute Gasteiger partial charge is 0.352 e. The summed E-state index contributed by atoms with van der Waals surface area (Å²) in [6.45, 7) is 3.27. The summed E-state index contributed by atoms with van der Waals surface area (Å²) in [5.74, 6) is -0.716. The van der Waals surface area contributed by atoms with Crippen molar-refractivity contribution in [3.05, 3.63) is 92.9 Å². The molecule has 1 aliphatic carbocycles. The lowest BCUT2D eigenvalue weighted by atomic mass is 9.95. The third-order valence-electron chi connectivity index (χ3n) is 7.36. The summed E-state index contributed by atoms with van der Waals surface area (Å²) in [7, 11) is -4.10. The van der Waals surface area contributed by atoms with Crippen LogP contribution in [0.2, 0.25) is 0 Å². The van der Waals surface area contributed by atoms with E-state index >= 15 is 0 Å². The first kappa shape index (κ1) is 31.3. The zero-order chi connectivity index (χ0) is 29.6. The number of sulfonamides is 1. The zero-order valence-electron chi connectivity index (χ0n) is 23.2. The number of benzene rings is 3. The van der Waals surface area contributed by atoms with Gasteiger partial charge in [0.2, 0.25) is 11.8 Å². The highest BCUT2D eigenvalue weighted by Gasteiger charge is 2.33. The maximum atomic E-state index is 14.1. The van der Waals surface area contributed by atoms with Crippen LogP contribution >= 0.6 is 31.9 Å². The molecule has 4 rings (SSSR count). The molecule has 0 saturated heterocycles. The highest BCUT2D eigenvalue weighted by molar-refractivity contribution is 9.10. The number of rotatable bonds is 10. The summed E-state index contributed by atoms with van der Waals surface area (Å²) in [5, 5.41) is 3.12. The lowest BCUT2D eigenvalue weighted by molar-refractivity contribution is -0.139. The van der Waals surface area contributed by atoms with E-state index in [0.717, 1.165) is 56.5 Å². The minimum absolute atomic E-state index is 0.0837. The second-order valence-electron chi connectivity index (χ2n) is 10.5. The third-order valence-corrected chi connectivity index (χ3v) is 10.2. The minimum Gasteiger partial charge on any atom is -0.352 e. The molecule has 0 spiro atoms. The molecule has 3 aromatic carbocycles. The van der Waals surface area contributed by atoms with Crippen LogP contribution in [0, 0.1) is 6.92 Å². The van der Waals surface area contributed by atoms with Gasteiger partial charge in [-0.15, -0.1) is 0 Å². The Labute approximate surface area is 259 Å². The molecule has 1 aliphatic rings. The first-order valence-corrected chi connectivity index (χ1v) is 16.8. The van der Waals surface area contributed by atoms with Gasteiger partial charge < -0.3 is 10.2 Å². The summed E-state index contributed by atoms with van der Waals surface area (Å²) in [4.78, 5) is 29.0. The fourth-order valence-corrected chi connectivity index (χ4v) is 7.08. The lowest BCUT2D eigenvalue weighted by Crippen LogP contribution is -2.53. The monoisotopic (exact) mass is 703 g/mol. The molecule has 2 amide bonds. The van der Waals surface area contributed by atoms with Crippen LogP contribution in [0.1, 0.15) is 50.2 Å². The van der Waals surface area contributed by atoms with Crippen molar-refractivity contribution in [1.82, 2.24) is 10.2 Å². The van der Waals surface area contributed by atoms with Crippen LogP contribution in [0.4, 0.5) is 5.69 Å². The Morgan fingerprint density at radius 1 is 0.927 bits per heavy atom. The van der Waals surface area contributed by atoms with E-state index in [1.807, 2.05) is 31.2 Å². The molecule has 1 saturated carbocycles. The van der Waals surface area contributed by atoms with Crippen molar-refractivity contribution in [2.75, 3.05) is 10.8 Å². The van der Waals surface area contributed by atoms with Gasteiger partial charge in [-0.3, -0.25) is 13.9 Å². The molecule has 0 heterocycles. The molecule has 0 unspecified atom stereocenters. The molecule has 0 aromatic heterocycles. The molecule has 7 nitrogen and oxygen atoms in total. The van der Waals surface area contributed by atoms with Crippen LogP contribution < -0.4 is 9.62 Å². The van der Waals surface area contributed by atoms with Gasteiger partial charge in [0, 0.05) is 21.5 Å². The maximum absolute atomic E-state index is 14.1. The summed E-state index contributed by atoms with van der Waals surface area (Å²) in [5.41, 5.74) is 2.10. The van der Waals surface area contributed by atoms with Gasteiger partial charge in [0.05, 0.1) is 10.6 Å². The van der Waals surface area contributed by atoms with Crippen molar-refractivity contribution >= 4 is 59.4 Å². The number of halogens is 2. The number of nitrogens with zero attached hydrogens (tertiary/aromatic N) is 2. The zero-order valence-corrected chi connectivity index (χ0v) is 27.2. The van der Waals surface area contributed by atoms with E-state index in [1.165, 1.54) is 4.90 Å². The van der Waals surface area contributed by atoms with Crippen LogP contribution in [0.5, 0.6) is 0 Å². The fraction of sp³-hybridized carbons (Fsp3) is 0.355. The van der Waals surface area contributed by atoms with Crippen molar-refractivity contribution in [1.29, 1.82) is 0 Å². The van der Waals surface area contributed by atoms with Crippen molar-refractivity contribution in [3.8, 4) is 0 Å². The van der Waals surface area contributed by atoms with Crippen molar-refractivity contribution in [2.24, 2.45) is 0 Å². The molecule has 10 heteroatoms. The third kappa shape index (κ3) is 8.20. The Morgan fingerprint density at radius 2 is 1.59 bits per heavy atom. The maximum Gasteiger partial charge on any atom is 0.264 e. The van der Waals surface area contributed by atoms with E-state index in [0.29, 0.717) is 5.69 Å². The molecule has 0 bridgehead atoms. The van der Waals surface area contributed by atoms with E-state index in [9.17, 15) is 18.0 Å². The Hall–Kier alpha value is -2.69.